The first-order chi connectivity index (χ1) is 9.29. The summed E-state index contributed by atoms with van der Waals surface area (Å²) in [7, 11) is 1.62. The Labute approximate surface area is 115 Å². The molecule has 0 bridgehead atoms. The Bertz CT molecular complexity index is 409. The monoisotopic (exact) mass is 261 g/mol. The van der Waals surface area contributed by atoms with Crippen LogP contribution in [-0.4, -0.2) is 25.5 Å². The van der Waals surface area contributed by atoms with Gasteiger partial charge in [0, 0.05) is 11.6 Å². The summed E-state index contributed by atoms with van der Waals surface area (Å²) < 4.78 is 5.14. The summed E-state index contributed by atoms with van der Waals surface area (Å²) in [6.07, 6.45) is 7.64. The lowest BCUT2D eigenvalue weighted by Gasteiger charge is -2.15. The quantitative estimate of drug-likeness (QED) is 0.653. The van der Waals surface area contributed by atoms with Crippen molar-refractivity contribution in [1.29, 1.82) is 0 Å². The predicted octanol–water partition coefficient (Wildman–Crippen LogP) is 3.19. The summed E-state index contributed by atoms with van der Waals surface area (Å²) in [5.41, 5.74) is 0.723. The highest BCUT2D eigenvalue weighted by atomic mass is 16.5. The number of hydrogen-bond donors (Lipinski definition) is 1. The zero-order valence-corrected chi connectivity index (χ0v) is 11.7. The van der Waals surface area contributed by atoms with Crippen molar-refractivity contribution in [2.24, 2.45) is 0 Å². The van der Waals surface area contributed by atoms with Gasteiger partial charge in [0.15, 0.2) is 5.78 Å². The Kier molecular flexibility index (Phi) is 5.40. The van der Waals surface area contributed by atoms with Crippen LogP contribution < -0.4 is 10.1 Å². The number of benzene rings is 1. The van der Waals surface area contributed by atoms with Crippen LogP contribution in [0.15, 0.2) is 24.3 Å². The van der Waals surface area contributed by atoms with Crippen LogP contribution in [0.5, 0.6) is 5.75 Å². The van der Waals surface area contributed by atoms with E-state index >= 15 is 0 Å². The minimum atomic E-state index is 0.142. The molecule has 0 atom stereocenters. The first kappa shape index (κ1) is 14.1. The van der Waals surface area contributed by atoms with E-state index in [2.05, 4.69) is 5.32 Å². The molecule has 0 saturated heterocycles. The zero-order valence-electron chi connectivity index (χ0n) is 11.7. The third-order valence-corrected chi connectivity index (χ3v) is 3.80. The highest BCUT2D eigenvalue weighted by Crippen LogP contribution is 2.17. The van der Waals surface area contributed by atoms with E-state index < -0.39 is 0 Å². The number of methoxy groups -OCH3 is 1. The molecule has 3 nitrogen and oxygen atoms in total. The number of ketones is 1. The fourth-order valence-corrected chi connectivity index (χ4v) is 2.62. The number of carbonyl (C=O) groups is 1. The molecular formula is C16H23NO2. The van der Waals surface area contributed by atoms with Crippen molar-refractivity contribution in [3.8, 4) is 5.75 Å². The van der Waals surface area contributed by atoms with Gasteiger partial charge in [-0.25, -0.2) is 0 Å². The highest BCUT2D eigenvalue weighted by Gasteiger charge is 2.14. The van der Waals surface area contributed by atoms with Crippen molar-refractivity contribution >= 4 is 5.78 Å². The van der Waals surface area contributed by atoms with E-state index in [1.165, 1.54) is 38.5 Å². The van der Waals surface area contributed by atoms with Gasteiger partial charge in [0.1, 0.15) is 5.75 Å². The van der Waals surface area contributed by atoms with Crippen LogP contribution in [0.3, 0.4) is 0 Å². The van der Waals surface area contributed by atoms with E-state index in [4.69, 9.17) is 4.74 Å². The van der Waals surface area contributed by atoms with Gasteiger partial charge in [-0.15, -0.1) is 0 Å². The summed E-state index contributed by atoms with van der Waals surface area (Å²) in [5.74, 6) is 0.878. The van der Waals surface area contributed by atoms with Crippen molar-refractivity contribution in [3.05, 3.63) is 29.8 Å². The van der Waals surface area contributed by atoms with Gasteiger partial charge in [0.25, 0.3) is 0 Å². The number of Topliss-reactive ketones (excluding diaryl/α,β-unsaturated/α-hetero) is 1. The summed E-state index contributed by atoms with van der Waals surface area (Å²) in [4.78, 5) is 12.1. The molecule has 0 unspecified atom stereocenters. The lowest BCUT2D eigenvalue weighted by atomic mass is 10.1. The van der Waals surface area contributed by atoms with E-state index in [9.17, 15) is 4.79 Å². The Morgan fingerprint density at radius 2 is 2.00 bits per heavy atom. The van der Waals surface area contributed by atoms with E-state index in [0.29, 0.717) is 12.6 Å². The molecule has 1 aromatic carbocycles. The van der Waals surface area contributed by atoms with Crippen LogP contribution in [0.1, 0.15) is 48.9 Å². The molecule has 1 aromatic rings. The lowest BCUT2D eigenvalue weighted by Crippen LogP contribution is -2.33. The van der Waals surface area contributed by atoms with Gasteiger partial charge < -0.3 is 10.1 Å². The maximum Gasteiger partial charge on any atom is 0.176 e. The number of ether oxygens (including phenoxy) is 1. The average Bonchev–Trinajstić information content (AvgIpc) is 2.73. The van der Waals surface area contributed by atoms with Gasteiger partial charge in [-0.3, -0.25) is 4.79 Å². The van der Waals surface area contributed by atoms with Gasteiger partial charge in [0.2, 0.25) is 0 Å². The molecule has 3 heteroatoms. The van der Waals surface area contributed by atoms with Gasteiger partial charge >= 0.3 is 0 Å². The third kappa shape index (κ3) is 4.35. The molecule has 2 rings (SSSR count). The Hall–Kier alpha value is -1.35. The predicted molar refractivity (Wildman–Crippen MR) is 76.8 cm³/mol. The van der Waals surface area contributed by atoms with E-state index in [0.717, 1.165) is 11.3 Å². The van der Waals surface area contributed by atoms with Crippen molar-refractivity contribution in [1.82, 2.24) is 5.32 Å². The molecule has 0 spiro atoms. The molecule has 0 radical (unpaired) electrons. The summed E-state index contributed by atoms with van der Waals surface area (Å²) in [5, 5.41) is 3.41. The van der Waals surface area contributed by atoms with Crippen LogP contribution in [-0.2, 0) is 0 Å². The molecule has 0 amide bonds. The van der Waals surface area contributed by atoms with Gasteiger partial charge in [-0.1, -0.05) is 37.8 Å². The average molecular weight is 261 g/mol. The second-order valence-electron chi connectivity index (χ2n) is 5.22. The topological polar surface area (TPSA) is 38.3 Å². The molecule has 1 aliphatic carbocycles. The van der Waals surface area contributed by atoms with Crippen molar-refractivity contribution in [3.63, 3.8) is 0 Å². The molecule has 0 aliphatic heterocycles. The standard InChI is InChI=1S/C16H23NO2/c1-19-15-10-6-7-13(11-15)16(18)12-17-14-8-4-2-3-5-9-14/h6-7,10-11,14,17H,2-5,8-9,12H2,1H3. The first-order valence-corrected chi connectivity index (χ1v) is 7.20. The summed E-state index contributed by atoms with van der Waals surface area (Å²) in [6, 6.07) is 7.88. The maximum absolute atomic E-state index is 12.1. The minimum absolute atomic E-state index is 0.142. The van der Waals surface area contributed by atoms with Crippen LogP contribution in [0.2, 0.25) is 0 Å². The lowest BCUT2D eigenvalue weighted by molar-refractivity contribution is 0.0986. The van der Waals surface area contributed by atoms with Crippen molar-refractivity contribution in [2.45, 2.75) is 44.6 Å². The van der Waals surface area contributed by atoms with Gasteiger partial charge in [-0.05, 0) is 25.0 Å². The van der Waals surface area contributed by atoms with Crippen molar-refractivity contribution in [2.75, 3.05) is 13.7 Å². The summed E-state index contributed by atoms with van der Waals surface area (Å²) in [6.45, 7) is 0.428. The Balaban J connectivity index is 1.85. The largest absolute Gasteiger partial charge is 0.497 e. The van der Waals surface area contributed by atoms with Crippen molar-refractivity contribution < 1.29 is 9.53 Å². The molecule has 1 fully saturated rings. The molecule has 19 heavy (non-hydrogen) atoms. The van der Waals surface area contributed by atoms with E-state index in [-0.39, 0.29) is 5.78 Å². The highest BCUT2D eigenvalue weighted by molar-refractivity contribution is 5.97. The third-order valence-electron chi connectivity index (χ3n) is 3.80. The van der Waals surface area contributed by atoms with Crippen LogP contribution in [0.25, 0.3) is 0 Å². The molecule has 1 aliphatic rings. The first-order valence-electron chi connectivity index (χ1n) is 7.20. The van der Waals surface area contributed by atoms with E-state index in [1.807, 2.05) is 18.2 Å². The summed E-state index contributed by atoms with van der Waals surface area (Å²) >= 11 is 0. The SMILES string of the molecule is COc1cccc(C(=O)CNC2CCCCCC2)c1. The van der Waals surface area contributed by atoms with E-state index in [1.54, 1.807) is 13.2 Å². The molecule has 0 heterocycles. The maximum atomic E-state index is 12.1. The molecule has 0 aromatic heterocycles. The van der Waals surface area contributed by atoms with Gasteiger partial charge in [-0.2, -0.15) is 0 Å². The molecule has 1 N–H and O–H groups in total. The van der Waals surface area contributed by atoms with Crippen LogP contribution >= 0.6 is 0 Å². The molecule has 1 saturated carbocycles. The number of hydrogen-bond acceptors (Lipinski definition) is 3. The van der Waals surface area contributed by atoms with Crippen LogP contribution in [0, 0.1) is 0 Å². The number of nitrogens with one attached hydrogen (secondary N) is 1. The fourth-order valence-electron chi connectivity index (χ4n) is 2.62. The second kappa shape index (κ2) is 7.29. The molecular weight excluding hydrogens is 238 g/mol. The molecule has 104 valence electrons. The zero-order chi connectivity index (χ0) is 13.5. The van der Waals surface area contributed by atoms with Gasteiger partial charge in [0.05, 0.1) is 13.7 Å². The smallest absolute Gasteiger partial charge is 0.176 e. The van der Waals surface area contributed by atoms with Crippen LogP contribution in [0.4, 0.5) is 0 Å². The number of carbonyl (C=O) groups excluding carboxylic acids is 1. The Morgan fingerprint density at radius 1 is 1.26 bits per heavy atom. The fraction of sp³-hybridized carbons (Fsp3) is 0.562. The second-order valence-corrected chi connectivity index (χ2v) is 5.22. The minimum Gasteiger partial charge on any atom is -0.497 e. The Morgan fingerprint density at radius 3 is 2.68 bits per heavy atom. The number of rotatable bonds is 5. The normalized spacial score (nSPS) is 16.9.